The summed E-state index contributed by atoms with van der Waals surface area (Å²) < 4.78 is 9.98. The molecule has 0 saturated heterocycles. The molecule has 1 aromatic carbocycles. The van der Waals surface area contributed by atoms with Gasteiger partial charge >= 0.3 is 5.97 Å². The van der Waals surface area contributed by atoms with E-state index in [0.29, 0.717) is 18.0 Å². The first-order valence-corrected chi connectivity index (χ1v) is 7.34. The summed E-state index contributed by atoms with van der Waals surface area (Å²) >= 11 is 1.24. The van der Waals surface area contributed by atoms with Crippen LogP contribution in [-0.2, 0) is 14.3 Å². The fourth-order valence-corrected chi connectivity index (χ4v) is 2.13. The summed E-state index contributed by atoms with van der Waals surface area (Å²) in [6.45, 7) is 3.84. The van der Waals surface area contributed by atoms with Gasteiger partial charge in [-0.1, -0.05) is 12.1 Å². The number of ether oxygens (including phenoxy) is 2. The average Bonchev–Trinajstić information content (AvgIpc) is 2.45. The molecule has 0 aromatic heterocycles. The summed E-state index contributed by atoms with van der Waals surface area (Å²) in [5, 5.41) is 2.42. The van der Waals surface area contributed by atoms with E-state index in [1.807, 2.05) is 12.1 Å². The number of benzene rings is 1. The lowest BCUT2D eigenvalue weighted by Crippen LogP contribution is -2.24. The van der Waals surface area contributed by atoms with Gasteiger partial charge in [0, 0.05) is 0 Å². The monoisotopic (exact) mass is 297 g/mol. The molecule has 1 amide bonds. The topological polar surface area (TPSA) is 64.6 Å². The summed E-state index contributed by atoms with van der Waals surface area (Å²) in [6.07, 6.45) is 0. The molecule has 0 saturated carbocycles. The average molecular weight is 297 g/mol. The lowest BCUT2D eigenvalue weighted by molar-refractivity contribution is -0.139. The molecule has 0 bridgehead atoms. The van der Waals surface area contributed by atoms with Crippen LogP contribution in [-0.4, -0.2) is 36.6 Å². The van der Waals surface area contributed by atoms with E-state index < -0.39 is 0 Å². The largest absolute Gasteiger partial charge is 0.495 e. The fourth-order valence-electron chi connectivity index (χ4n) is 1.45. The second kappa shape index (κ2) is 8.47. The van der Waals surface area contributed by atoms with Gasteiger partial charge in [-0.05, 0) is 26.0 Å². The summed E-state index contributed by atoms with van der Waals surface area (Å²) in [4.78, 5) is 23.2. The number of para-hydroxylation sites is 2. The highest BCUT2D eigenvalue weighted by Crippen LogP contribution is 2.24. The standard InChI is InChI=1S/C14H19NO4S/c1-4-19-13(16)9-20-10(2)14(17)15-11-7-5-6-8-12(11)18-3/h5-8,10H,4,9H2,1-3H3,(H,15,17)/t10-/m0/s1. The molecule has 1 rings (SSSR count). The van der Waals surface area contributed by atoms with E-state index in [2.05, 4.69) is 5.32 Å². The quantitative estimate of drug-likeness (QED) is 0.782. The van der Waals surface area contributed by atoms with E-state index in [1.165, 1.54) is 11.8 Å². The normalized spacial score (nSPS) is 11.6. The van der Waals surface area contributed by atoms with E-state index in [4.69, 9.17) is 9.47 Å². The van der Waals surface area contributed by atoms with Gasteiger partial charge in [0.05, 0.1) is 30.4 Å². The van der Waals surface area contributed by atoms with Gasteiger partial charge in [0.1, 0.15) is 5.75 Å². The third-order valence-corrected chi connectivity index (χ3v) is 3.61. The molecule has 0 aliphatic rings. The van der Waals surface area contributed by atoms with Crippen molar-refractivity contribution < 1.29 is 19.1 Å². The first kappa shape index (κ1) is 16.4. The Morgan fingerprint density at radius 2 is 2.05 bits per heavy atom. The zero-order valence-corrected chi connectivity index (χ0v) is 12.7. The fraction of sp³-hybridized carbons (Fsp3) is 0.429. The Bertz CT molecular complexity index is 464. The molecule has 0 heterocycles. The van der Waals surface area contributed by atoms with Gasteiger partial charge in [-0.3, -0.25) is 9.59 Å². The van der Waals surface area contributed by atoms with Gasteiger partial charge in [-0.2, -0.15) is 0 Å². The van der Waals surface area contributed by atoms with Gasteiger partial charge < -0.3 is 14.8 Å². The predicted molar refractivity (Wildman–Crippen MR) is 80.2 cm³/mol. The van der Waals surface area contributed by atoms with Crippen LogP contribution in [0.3, 0.4) is 0 Å². The van der Waals surface area contributed by atoms with Crippen LogP contribution in [0.2, 0.25) is 0 Å². The Morgan fingerprint density at radius 3 is 2.70 bits per heavy atom. The van der Waals surface area contributed by atoms with Crippen LogP contribution >= 0.6 is 11.8 Å². The minimum absolute atomic E-state index is 0.161. The van der Waals surface area contributed by atoms with Crippen molar-refractivity contribution in [1.82, 2.24) is 0 Å². The number of rotatable bonds is 7. The summed E-state index contributed by atoms with van der Waals surface area (Å²) in [6, 6.07) is 7.17. The molecule has 20 heavy (non-hydrogen) atoms. The van der Waals surface area contributed by atoms with Crippen molar-refractivity contribution in [2.75, 3.05) is 24.8 Å². The Morgan fingerprint density at radius 1 is 1.35 bits per heavy atom. The van der Waals surface area contributed by atoms with Crippen LogP contribution in [0, 0.1) is 0 Å². The molecule has 0 aliphatic heterocycles. The number of hydrogen-bond acceptors (Lipinski definition) is 5. The van der Waals surface area contributed by atoms with Crippen LogP contribution in [0.1, 0.15) is 13.8 Å². The molecular formula is C14H19NO4S. The Hall–Kier alpha value is -1.69. The summed E-state index contributed by atoms with van der Waals surface area (Å²) in [5.41, 5.74) is 0.614. The number of hydrogen-bond donors (Lipinski definition) is 1. The highest BCUT2D eigenvalue weighted by Gasteiger charge is 2.17. The van der Waals surface area contributed by atoms with Gasteiger partial charge in [-0.15, -0.1) is 11.8 Å². The number of thioether (sulfide) groups is 1. The molecule has 0 fully saturated rings. The number of amides is 1. The number of esters is 1. The second-order valence-electron chi connectivity index (χ2n) is 3.95. The molecule has 5 nitrogen and oxygen atoms in total. The number of anilines is 1. The molecule has 1 atom stereocenters. The van der Waals surface area contributed by atoms with Crippen molar-refractivity contribution >= 4 is 29.3 Å². The molecule has 0 spiro atoms. The second-order valence-corrected chi connectivity index (χ2v) is 5.28. The lowest BCUT2D eigenvalue weighted by atomic mass is 10.3. The molecule has 0 radical (unpaired) electrons. The third-order valence-electron chi connectivity index (χ3n) is 2.49. The van der Waals surface area contributed by atoms with Crippen molar-refractivity contribution in [2.45, 2.75) is 19.1 Å². The smallest absolute Gasteiger partial charge is 0.315 e. The van der Waals surface area contributed by atoms with Crippen LogP contribution in [0.5, 0.6) is 5.75 Å². The Kier molecular flexibility index (Phi) is 6.93. The highest BCUT2D eigenvalue weighted by atomic mass is 32.2. The third kappa shape index (κ3) is 5.13. The van der Waals surface area contributed by atoms with E-state index in [1.54, 1.807) is 33.1 Å². The van der Waals surface area contributed by atoms with E-state index >= 15 is 0 Å². The van der Waals surface area contributed by atoms with Crippen LogP contribution < -0.4 is 10.1 Å². The van der Waals surface area contributed by atoms with E-state index in [9.17, 15) is 9.59 Å². The number of carbonyl (C=O) groups is 2. The lowest BCUT2D eigenvalue weighted by Gasteiger charge is -2.13. The number of carbonyl (C=O) groups excluding carboxylic acids is 2. The number of methoxy groups -OCH3 is 1. The highest BCUT2D eigenvalue weighted by molar-refractivity contribution is 8.01. The molecule has 110 valence electrons. The van der Waals surface area contributed by atoms with Crippen molar-refractivity contribution in [1.29, 1.82) is 0 Å². The van der Waals surface area contributed by atoms with Crippen LogP contribution in [0.4, 0.5) is 5.69 Å². The van der Waals surface area contributed by atoms with Crippen molar-refractivity contribution in [3.05, 3.63) is 24.3 Å². The number of nitrogens with one attached hydrogen (secondary N) is 1. The van der Waals surface area contributed by atoms with Crippen LogP contribution in [0.25, 0.3) is 0 Å². The molecule has 0 aliphatic carbocycles. The van der Waals surface area contributed by atoms with E-state index in [-0.39, 0.29) is 22.9 Å². The van der Waals surface area contributed by atoms with Gasteiger partial charge in [-0.25, -0.2) is 0 Å². The van der Waals surface area contributed by atoms with Crippen LogP contribution in [0.15, 0.2) is 24.3 Å². The van der Waals surface area contributed by atoms with Gasteiger partial charge in [0.15, 0.2) is 0 Å². The molecule has 1 aromatic rings. The molecular weight excluding hydrogens is 278 g/mol. The van der Waals surface area contributed by atoms with Crippen molar-refractivity contribution in [3.63, 3.8) is 0 Å². The SMILES string of the molecule is CCOC(=O)CS[C@@H](C)C(=O)Nc1ccccc1OC. The summed E-state index contributed by atoms with van der Waals surface area (Å²) in [5.74, 6) is 0.274. The zero-order chi connectivity index (χ0) is 15.0. The summed E-state index contributed by atoms with van der Waals surface area (Å²) in [7, 11) is 1.55. The minimum Gasteiger partial charge on any atom is -0.495 e. The predicted octanol–water partition coefficient (Wildman–Crippen LogP) is 2.32. The van der Waals surface area contributed by atoms with Crippen molar-refractivity contribution in [3.8, 4) is 5.75 Å². The zero-order valence-electron chi connectivity index (χ0n) is 11.8. The van der Waals surface area contributed by atoms with Crippen molar-refractivity contribution in [2.24, 2.45) is 0 Å². The first-order chi connectivity index (χ1) is 9.58. The molecule has 6 heteroatoms. The maximum Gasteiger partial charge on any atom is 0.315 e. The molecule has 1 N–H and O–H groups in total. The maximum atomic E-state index is 12.0. The van der Waals surface area contributed by atoms with E-state index in [0.717, 1.165) is 0 Å². The Labute approximate surface area is 123 Å². The maximum absolute atomic E-state index is 12.0. The minimum atomic E-state index is -0.357. The molecule has 0 unspecified atom stereocenters. The Balaban J connectivity index is 2.51. The van der Waals surface area contributed by atoms with Gasteiger partial charge in [0.2, 0.25) is 5.91 Å². The van der Waals surface area contributed by atoms with Gasteiger partial charge in [0.25, 0.3) is 0 Å². The first-order valence-electron chi connectivity index (χ1n) is 6.29.